The average molecular weight is 474 g/mol. The molecule has 25 heavy (non-hydrogen) atoms. The van der Waals surface area contributed by atoms with Crippen LogP contribution in [0, 0.1) is 0 Å². The zero-order valence-electron chi connectivity index (χ0n) is 14.6. The standard InChI is InChI=1S/C19H24ClN3O.HI/c1-3-24-14-16-9-7-15(8-10-16)12-22-19(21-2)23-13-17-5-4-6-18(20)11-17;/h4-11H,3,12-14H2,1-2H3,(H2,21,22,23);1H. The summed E-state index contributed by atoms with van der Waals surface area (Å²) in [6.45, 7) is 4.78. The third kappa shape index (κ3) is 8.07. The minimum absolute atomic E-state index is 0. The Morgan fingerprint density at radius 2 is 1.64 bits per heavy atom. The van der Waals surface area contributed by atoms with E-state index >= 15 is 0 Å². The van der Waals surface area contributed by atoms with Crippen LogP contribution in [-0.2, 0) is 24.4 Å². The van der Waals surface area contributed by atoms with E-state index in [0.29, 0.717) is 19.7 Å². The van der Waals surface area contributed by atoms with Crippen molar-refractivity contribution in [1.82, 2.24) is 10.6 Å². The van der Waals surface area contributed by atoms with Crippen LogP contribution in [0.4, 0.5) is 0 Å². The zero-order chi connectivity index (χ0) is 17.2. The molecule has 0 spiro atoms. The van der Waals surface area contributed by atoms with Crippen LogP contribution in [0.25, 0.3) is 0 Å². The molecule has 0 fully saturated rings. The summed E-state index contributed by atoms with van der Waals surface area (Å²) in [6, 6.07) is 16.2. The van der Waals surface area contributed by atoms with Gasteiger partial charge in [0.15, 0.2) is 5.96 Å². The fourth-order valence-corrected chi connectivity index (χ4v) is 2.43. The predicted octanol–water partition coefficient (Wildman–Crippen LogP) is 4.36. The first-order valence-corrected chi connectivity index (χ1v) is 8.43. The molecule has 0 aliphatic heterocycles. The summed E-state index contributed by atoms with van der Waals surface area (Å²) < 4.78 is 5.40. The molecule has 4 nitrogen and oxygen atoms in total. The number of ether oxygens (including phenoxy) is 1. The molecule has 0 radical (unpaired) electrons. The maximum Gasteiger partial charge on any atom is 0.191 e. The van der Waals surface area contributed by atoms with Crippen molar-refractivity contribution < 1.29 is 4.74 Å². The number of nitrogens with one attached hydrogen (secondary N) is 2. The van der Waals surface area contributed by atoms with Crippen LogP contribution in [-0.4, -0.2) is 19.6 Å². The third-order valence-corrected chi connectivity index (χ3v) is 3.76. The molecule has 0 aliphatic carbocycles. The molecule has 2 aromatic rings. The van der Waals surface area contributed by atoms with Gasteiger partial charge in [0.25, 0.3) is 0 Å². The Balaban J connectivity index is 0.00000312. The molecule has 0 unspecified atom stereocenters. The molecule has 136 valence electrons. The monoisotopic (exact) mass is 473 g/mol. The largest absolute Gasteiger partial charge is 0.377 e. The average Bonchev–Trinajstić information content (AvgIpc) is 2.61. The molecule has 0 aromatic heterocycles. The summed E-state index contributed by atoms with van der Waals surface area (Å²) in [7, 11) is 1.76. The summed E-state index contributed by atoms with van der Waals surface area (Å²) >= 11 is 6.00. The van der Waals surface area contributed by atoms with E-state index in [-0.39, 0.29) is 24.0 Å². The van der Waals surface area contributed by atoms with Crippen LogP contribution in [0.15, 0.2) is 53.5 Å². The first kappa shape index (κ1) is 21.7. The molecule has 0 heterocycles. The Labute approximate surface area is 172 Å². The summed E-state index contributed by atoms with van der Waals surface area (Å²) in [6.07, 6.45) is 0. The molecular weight excluding hydrogens is 449 g/mol. The van der Waals surface area contributed by atoms with Crippen LogP contribution >= 0.6 is 35.6 Å². The lowest BCUT2D eigenvalue weighted by molar-refractivity contribution is 0.134. The molecule has 2 N–H and O–H groups in total. The van der Waals surface area contributed by atoms with E-state index in [4.69, 9.17) is 16.3 Å². The molecule has 0 bridgehead atoms. The van der Waals surface area contributed by atoms with Crippen molar-refractivity contribution in [2.24, 2.45) is 4.99 Å². The van der Waals surface area contributed by atoms with E-state index in [0.717, 1.165) is 23.2 Å². The van der Waals surface area contributed by atoms with Gasteiger partial charge in [-0.1, -0.05) is 48.0 Å². The van der Waals surface area contributed by atoms with Gasteiger partial charge in [0.2, 0.25) is 0 Å². The molecule has 0 aliphatic rings. The van der Waals surface area contributed by atoms with Gasteiger partial charge in [0.05, 0.1) is 6.61 Å². The molecule has 2 aromatic carbocycles. The molecule has 0 atom stereocenters. The second kappa shape index (κ2) is 12.1. The van der Waals surface area contributed by atoms with E-state index < -0.39 is 0 Å². The summed E-state index contributed by atoms with van der Waals surface area (Å²) in [4.78, 5) is 4.24. The second-order valence-electron chi connectivity index (χ2n) is 5.36. The number of benzene rings is 2. The van der Waals surface area contributed by atoms with Gasteiger partial charge in [-0.05, 0) is 35.7 Å². The fraction of sp³-hybridized carbons (Fsp3) is 0.316. The zero-order valence-corrected chi connectivity index (χ0v) is 17.7. The van der Waals surface area contributed by atoms with Gasteiger partial charge < -0.3 is 15.4 Å². The van der Waals surface area contributed by atoms with Gasteiger partial charge in [0.1, 0.15) is 0 Å². The highest BCUT2D eigenvalue weighted by atomic mass is 127. The maximum absolute atomic E-state index is 6.00. The summed E-state index contributed by atoms with van der Waals surface area (Å²) in [5.74, 6) is 0.758. The molecular formula is C19H25ClIN3O. The molecule has 6 heteroatoms. The van der Waals surface area contributed by atoms with Gasteiger partial charge in [0, 0.05) is 31.8 Å². The Bertz CT molecular complexity index is 662. The van der Waals surface area contributed by atoms with Crippen molar-refractivity contribution in [3.63, 3.8) is 0 Å². The highest BCUT2D eigenvalue weighted by Gasteiger charge is 2.00. The Morgan fingerprint density at radius 3 is 2.24 bits per heavy atom. The number of nitrogens with zero attached hydrogens (tertiary/aromatic N) is 1. The first-order chi connectivity index (χ1) is 11.7. The quantitative estimate of drug-likeness (QED) is 0.357. The van der Waals surface area contributed by atoms with E-state index in [1.165, 1.54) is 11.1 Å². The SMILES string of the molecule is CCOCc1ccc(CNC(=NC)NCc2cccc(Cl)c2)cc1.I. The number of hydrogen-bond acceptors (Lipinski definition) is 2. The number of aliphatic imine (C=N–C) groups is 1. The lowest BCUT2D eigenvalue weighted by atomic mass is 10.1. The van der Waals surface area contributed by atoms with Gasteiger partial charge in [-0.25, -0.2) is 0 Å². The molecule has 0 amide bonds. The van der Waals surface area contributed by atoms with E-state index in [9.17, 15) is 0 Å². The Morgan fingerprint density at radius 1 is 1.00 bits per heavy atom. The van der Waals surface area contributed by atoms with Crippen molar-refractivity contribution in [1.29, 1.82) is 0 Å². The van der Waals surface area contributed by atoms with Gasteiger partial charge in [-0.2, -0.15) is 0 Å². The number of halogens is 2. The number of guanidine groups is 1. The number of rotatable bonds is 7. The lowest BCUT2D eigenvalue weighted by Crippen LogP contribution is -2.36. The third-order valence-electron chi connectivity index (χ3n) is 3.53. The normalized spacial score (nSPS) is 10.9. The Kier molecular flexibility index (Phi) is 10.5. The Hall–Kier alpha value is -1.31. The van der Waals surface area contributed by atoms with Gasteiger partial charge in [-0.15, -0.1) is 24.0 Å². The van der Waals surface area contributed by atoms with Crippen LogP contribution < -0.4 is 10.6 Å². The minimum Gasteiger partial charge on any atom is -0.377 e. The molecule has 2 rings (SSSR count). The topological polar surface area (TPSA) is 45.6 Å². The van der Waals surface area contributed by atoms with Crippen LogP contribution in [0.2, 0.25) is 5.02 Å². The minimum atomic E-state index is 0. The van der Waals surface area contributed by atoms with Crippen molar-refractivity contribution in [3.8, 4) is 0 Å². The highest BCUT2D eigenvalue weighted by Crippen LogP contribution is 2.10. The highest BCUT2D eigenvalue weighted by molar-refractivity contribution is 14.0. The predicted molar refractivity (Wildman–Crippen MR) is 116 cm³/mol. The van der Waals surface area contributed by atoms with Gasteiger partial charge >= 0.3 is 0 Å². The molecule has 0 saturated carbocycles. The molecule has 0 saturated heterocycles. The smallest absolute Gasteiger partial charge is 0.191 e. The van der Waals surface area contributed by atoms with E-state index in [1.54, 1.807) is 7.05 Å². The van der Waals surface area contributed by atoms with Crippen LogP contribution in [0.5, 0.6) is 0 Å². The van der Waals surface area contributed by atoms with Crippen molar-refractivity contribution in [2.45, 2.75) is 26.6 Å². The fourth-order valence-electron chi connectivity index (χ4n) is 2.21. The van der Waals surface area contributed by atoms with Crippen molar-refractivity contribution in [3.05, 3.63) is 70.2 Å². The number of hydrogen-bond donors (Lipinski definition) is 2. The van der Waals surface area contributed by atoms with E-state index in [1.807, 2.05) is 31.2 Å². The van der Waals surface area contributed by atoms with Crippen molar-refractivity contribution >= 4 is 41.5 Å². The van der Waals surface area contributed by atoms with Crippen LogP contribution in [0.1, 0.15) is 23.6 Å². The first-order valence-electron chi connectivity index (χ1n) is 8.05. The van der Waals surface area contributed by atoms with Crippen LogP contribution in [0.3, 0.4) is 0 Å². The van der Waals surface area contributed by atoms with Gasteiger partial charge in [-0.3, -0.25) is 4.99 Å². The summed E-state index contributed by atoms with van der Waals surface area (Å²) in [5, 5.41) is 7.33. The second-order valence-corrected chi connectivity index (χ2v) is 5.80. The lowest BCUT2D eigenvalue weighted by Gasteiger charge is -2.12. The van der Waals surface area contributed by atoms with Crippen molar-refractivity contribution in [2.75, 3.05) is 13.7 Å². The van der Waals surface area contributed by atoms with E-state index in [2.05, 4.69) is 39.9 Å². The summed E-state index contributed by atoms with van der Waals surface area (Å²) in [5.41, 5.74) is 3.50. The maximum atomic E-state index is 6.00.